The molecule has 0 aliphatic carbocycles. The number of amides is 1. The van der Waals surface area contributed by atoms with Crippen molar-refractivity contribution in [2.75, 3.05) is 11.9 Å². The van der Waals surface area contributed by atoms with Crippen molar-refractivity contribution in [3.8, 4) is 5.75 Å². The molecule has 0 aliphatic heterocycles. The van der Waals surface area contributed by atoms with Crippen molar-refractivity contribution in [1.29, 1.82) is 0 Å². The zero-order valence-electron chi connectivity index (χ0n) is 12.2. The summed E-state index contributed by atoms with van der Waals surface area (Å²) >= 11 is 0. The van der Waals surface area contributed by atoms with Gasteiger partial charge in [-0.25, -0.2) is 4.79 Å². The maximum Gasteiger partial charge on any atom is 0.337 e. The molecule has 0 saturated heterocycles. The van der Waals surface area contributed by atoms with E-state index in [1.165, 1.54) is 6.07 Å². The van der Waals surface area contributed by atoms with Crippen LogP contribution >= 0.6 is 0 Å². The number of aryl methyl sites for hydroxylation is 1. The van der Waals surface area contributed by atoms with Crippen LogP contribution in [-0.4, -0.2) is 23.6 Å². The number of aromatic carboxylic acids is 1. The van der Waals surface area contributed by atoms with E-state index < -0.39 is 5.97 Å². The minimum atomic E-state index is -1.07. The molecule has 0 heterocycles. The molecule has 0 atom stereocenters. The zero-order chi connectivity index (χ0) is 15.9. The Morgan fingerprint density at radius 2 is 1.86 bits per heavy atom. The number of nitrogens with one attached hydrogen (secondary N) is 1. The van der Waals surface area contributed by atoms with Gasteiger partial charge in [-0.1, -0.05) is 29.8 Å². The molecule has 0 unspecified atom stereocenters. The van der Waals surface area contributed by atoms with Crippen LogP contribution in [0.3, 0.4) is 0 Å². The maximum absolute atomic E-state index is 11.9. The molecule has 2 aromatic carbocycles. The lowest BCUT2D eigenvalue weighted by molar-refractivity contribution is -0.116. The Hall–Kier alpha value is -2.82. The van der Waals surface area contributed by atoms with Gasteiger partial charge in [0.05, 0.1) is 24.3 Å². The van der Waals surface area contributed by atoms with Crippen LogP contribution in [0.5, 0.6) is 5.75 Å². The van der Waals surface area contributed by atoms with E-state index >= 15 is 0 Å². The zero-order valence-corrected chi connectivity index (χ0v) is 12.2. The van der Waals surface area contributed by atoms with E-state index in [-0.39, 0.29) is 24.5 Å². The summed E-state index contributed by atoms with van der Waals surface area (Å²) in [5, 5.41) is 11.8. The van der Waals surface area contributed by atoms with Gasteiger partial charge in [0.25, 0.3) is 0 Å². The van der Waals surface area contributed by atoms with Crippen molar-refractivity contribution in [1.82, 2.24) is 0 Å². The van der Waals surface area contributed by atoms with Crippen LogP contribution in [0.2, 0.25) is 0 Å². The molecular weight excluding hydrogens is 282 g/mol. The van der Waals surface area contributed by atoms with E-state index in [1.54, 1.807) is 31.2 Å². The molecule has 5 nitrogen and oxygen atoms in total. The summed E-state index contributed by atoms with van der Waals surface area (Å²) in [6.07, 6.45) is 0.141. The third kappa shape index (κ3) is 4.34. The van der Waals surface area contributed by atoms with Gasteiger partial charge in [-0.2, -0.15) is 0 Å². The topological polar surface area (TPSA) is 75.6 Å². The van der Waals surface area contributed by atoms with E-state index in [0.29, 0.717) is 11.4 Å². The van der Waals surface area contributed by atoms with Crippen molar-refractivity contribution < 1.29 is 19.4 Å². The number of benzene rings is 2. The molecule has 114 valence electrons. The summed E-state index contributed by atoms with van der Waals surface area (Å²) in [7, 11) is 0. The largest absolute Gasteiger partial charge is 0.493 e. The van der Waals surface area contributed by atoms with E-state index in [0.717, 1.165) is 5.56 Å². The highest BCUT2D eigenvalue weighted by Gasteiger charge is 2.12. The average Bonchev–Trinajstić information content (AvgIpc) is 2.50. The van der Waals surface area contributed by atoms with E-state index in [9.17, 15) is 9.59 Å². The number of carboxylic acids is 1. The molecule has 0 aliphatic rings. The molecule has 0 radical (unpaired) electrons. The number of hydrogen-bond acceptors (Lipinski definition) is 3. The van der Waals surface area contributed by atoms with Gasteiger partial charge in [0.1, 0.15) is 5.75 Å². The first kappa shape index (κ1) is 15.6. The molecule has 1 amide bonds. The minimum absolute atomic E-state index is 0.0809. The Morgan fingerprint density at radius 1 is 1.14 bits per heavy atom. The third-order valence-corrected chi connectivity index (χ3v) is 3.02. The second-order valence-electron chi connectivity index (χ2n) is 4.81. The lowest BCUT2D eigenvalue weighted by Gasteiger charge is -2.10. The van der Waals surface area contributed by atoms with Crippen LogP contribution in [-0.2, 0) is 4.79 Å². The molecule has 0 saturated carbocycles. The average molecular weight is 299 g/mol. The molecule has 2 rings (SSSR count). The van der Waals surface area contributed by atoms with Gasteiger partial charge in [0.15, 0.2) is 0 Å². The molecule has 2 aromatic rings. The van der Waals surface area contributed by atoms with Gasteiger partial charge >= 0.3 is 5.97 Å². The monoisotopic (exact) mass is 299 g/mol. The third-order valence-electron chi connectivity index (χ3n) is 3.02. The standard InChI is InChI=1S/C17H17NO4/c1-12-7-8-15(14(11-12)17(20)21)18-16(19)9-10-22-13-5-3-2-4-6-13/h2-8,11H,9-10H2,1H3,(H,18,19)(H,20,21). The van der Waals surface area contributed by atoms with Gasteiger partial charge in [-0.15, -0.1) is 0 Å². The molecule has 2 N–H and O–H groups in total. The maximum atomic E-state index is 11.9. The van der Waals surface area contributed by atoms with Crippen molar-refractivity contribution in [3.63, 3.8) is 0 Å². The van der Waals surface area contributed by atoms with E-state index in [1.807, 2.05) is 18.2 Å². The Kier molecular flexibility index (Phi) is 5.14. The summed E-state index contributed by atoms with van der Waals surface area (Å²) in [4.78, 5) is 23.1. The number of carboxylic acid groups (broad SMARTS) is 1. The normalized spacial score (nSPS) is 10.0. The van der Waals surface area contributed by atoms with E-state index in [2.05, 4.69) is 5.32 Å². The highest BCUT2D eigenvalue weighted by atomic mass is 16.5. The second-order valence-corrected chi connectivity index (χ2v) is 4.81. The van der Waals surface area contributed by atoms with Gasteiger partial charge in [-0.05, 0) is 31.2 Å². The number of carbonyl (C=O) groups is 2. The molecule has 0 aromatic heterocycles. The molecular formula is C17H17NO4. The summed E-state index contributed by atoms with van der Waals surface area (Å²) < 4.78 is 5.43. The van der Waals surface area contributed by atoms with Crippen molar-refractivity contribution in [2.45, 2.75) is 13.3 Å². The number of hydrogen-bond donors (Lipinski definition) is 2. The SMILES string of the molecule is Cc1ccc(NC(=O)CCOc2ccccc2)c(C(=O)O)c1. The highest BCUT2D eigenvalue weighted by molar-refractivity contribution is 6.00. The van der Waals surface area contributed by atoms with Gasteiger partial charge in [-0.3, -0.25) is 4.79 Å². The highest BCUT2D eigenvalue weighted by Crippen LogP contribution is 2.18. The Balaban J connectivity index is 1.91. The Labute approximate surface area is 128 Å². The number of rotatable bonds is 6. The van der Waals surface area contributed by atoms with Crippen LogP contribution in [0.25, 0.3) is 0 Å². The molecule has 0 bridgehead atoms. The van der Waals surface area contributed by atoms with Crippen molar-refractivity contribution >= 4 is 17.6 Å². The number of anilines is 1. The predicted octanol–water partition coefficient (Wildman–Crippen LogP) is 3.10. The molecule has 0 fully saturated rings. The van der Waals surface area contributed by atoms with E-state index in [4.69, 9.17) is 9.84 Å². The fraction of sp³-hybridized carbons (Fsp3) is 0.176. The number of ether oxygens (including phenoxy) is 1. The first-order valence-electron chi connectivity index (χ1n) is 6.88. The minimum Gasteiger partial charge on any atom is -0.493 e. The molecule has 0 spiro atoms. The molecule has 5 heteroatoms. The van der Waals surface area contributed by atoms with Crippen LogP contribution in [0.4, 0.5) is 5.69 Å². The fourth-order valence-electron chi connectivity index (χ4n) is 1.94. The van der Waals surface area contributed by atoms with Gasteiger partial charge in [0, 0.05) is 0 Å². The van der Waals surface area contributed by atoms with Crippen LogP contribution in [0, 0.1) is 6.92 Å². The first-order valence-corrected chi connectivity index (χ1v) is 6.88. The summed E-state index contributed by atoms with van der Waals surface area (Å²) in [5.41, 5.74) is 1.20. The van der Waals surface area contributed by atoms with Crippen LogP contribution in [0.1, 0.15) is 22.3 Å². The fourth-order valence-corrected chi connectivity index (χ4v) is 1.94. The second kappa shape index (κ2) is 7.26. The number of carbonyl (C=O) groups excluding carboxylic acids is 1. The smallest absolute Gasteiger partial charge is 0.337 e. The Bertz CT molecular complexity index is 668. The van der Waals surface area contributed by atoms with Crippen LogP contribution < -0.4 is 10.1 Å². The summed E-state index contributed by atoms with van der Waals surface area (Å²) in [5.74, 6) is -0.668. The summed E-state index contributed by atoms with van der Waals surface area (Å²) in [6.45, 7) is 2.02. The number of para-hydroxylation sites is 1. The lowest BCUT2D eigenvalue weighted by atomic mass is 10.1. The Morgan fingerprint density at radius 3 is 2.55 bits per heavy atom. The van der Waals surface area contributed by atoms with Crippen molar-refractivity contribution in [3.05, 3.63) is 59.7 Å². The molecule has 22 heavy (non-hydrogen) atoms. The summed E-state index contributed by atoms with van der Waals surface area (Å²) in [6, 6.07) is 14.1. The predicted molar refractivity (Wildman–Crippen MR) is 83.3 cm³/mol. The quantitative estimate of drug-likeness (QED) is 0.859. The first-order chi connectivity index (χ1) is 10.6. The van der Waals surface area contributed by atoms with Gasteiger partial charge in [0.2, 0.25) is 5.91 Å². The lowest BCUT2D eigenvalue weighted by Crippen LogP contribution is -2.17. The van der Waals surface area contributed by atoms with Gasteiger partial charge < -0.3 is 15.2 Å². The van der Waals surface area contributed by atoms with Crippen LogP contribution in [0.15, 0.2) is 48.5 Å². The van der Waals surface area contributed by atoms with Crippen molar-refractivity contribution in [2.24, 2.45) is 0 Å².